The third kappa shape index (κ3) is 2.21. The largest absolute Gasteiger partial charge is 0.263 e. The molecule has 2 aromatic heterocycles. The van der Waals surface area contributed by atoms with Crippen LogP contribution in [0.5, 0.6) is 0 Å². The van der Waals surface area contributed by atoms with E-state index in [-0.39, 0.29) is 0 Å². The summed E-state index contributed by atoms with van der Waals surface area (Å²) in [5, 5.41) is 7.09. The third-order valence-electron chi connectivity index (χ3n) is 2.19. The zero-order valence-electron chi connectivity index (χ0n) is 8.99. The second kappa shape index (κ2) is 4.21. The van der Waals surface area contributed by atoms with Gasteiger partial charge in [-0.05, 0) is 25.5 Å². The highest BCUT2D eigenvalue weighted by atomic mass is 15.2. The Morgan fingerprint density at radius 1 is 1.33 bits per heavy atom. The molecule has 0 saturated carbocycles. The summed E-state index contributed by atoms with van der Waals surface area (Å²) in [7, 11) is 0. The average molecular weight is 202 g/mol. The minimum atomic E-state index is 0.728. The Morgan fingerprint density at radius 2 is 2.20 bits per heavy atom. The molecule has 0 aromatic carbocycles. The highest BCUT2D eigenvalue weighted by Gasteiger charge is 2.04. The molecule has 0 aliphatic carbocycles. The van der Waals surface area contributed by atoms with Crippen molar-refractivity contribution in [2.45, 2.75) is 26.7 Å². The van der Waals surface area contributed by atoms with Gasteiger partial charge in [0.1, 0.15) is 5.82 Å². The molecule has 4 heteroatoms. The predicted octanol–water partition coefficient (Wildman–Crippen LogP) is 2.13. The van der Waals surface area contributed by atoms with Crippen molar-refractivity contribution in [1.82, 2.24) is 20.2 Å². The van der Waals surface area contributed by atoms with Gasteiger partial charge in [-0.2, -0.15) is 5.10 Å². The normalized spacial score (nSPS) is 10.5. The zero-order valence-corrected chi connectivity index (χ0v) is 8.99. The van der Waals surface area contributed by atoms with Crippen LogP contribution in [-0.4, -0.2) is 20.2 Å². The lowest BCUT2D eigenvalue weighted by molar-refractivity contribution is 0.841. The summed E-state index contributed by atoms with van der Waals surface area (Å²) in [5.74, 6) is 1.67. The molecule has 4 nitrogen and oxygen atoms in total. The molecule has 15 heavy (non-hydrogen) atoms. The van der Waals surface area contributed by atoms with Crippen molar-refractivity contribution in [2.24, 2.45) is 0 Å². The quantitative estimate of drug-likeness (QED) is 0.829. The molecule has 0 unspecified atom stereocenters. The molecule has 0 atom stereocenters. The summed E-state index contributed by atoms with van der Waals surface area (Å²) in [4.78, 5) is 8.61. The number of pyridine rings is 1. The van der Waals surface area contributed by atoms with Crippen LogP contribution in [0.3, 0.4) is 0 Å². The first-order chi connectivity index (χ1) is 7.29. The number of H-pyrrole nitrogens is 1. The van der Waals surface area contributed by atoms with E-state index in [0.29, 0.717) is 0 Å². The van der Waals surface area contributed by atoms with Crippen molar-refractivity contribution in [2.75, 3.05) is 0 Å². The number of nitrogens with one attached hydrogen (secondary N) is 1. The lowest BCUT2D eigenvalue weighted by Crippen LogP contribution is -1.86. The van der Waals surface area contributed by atoms with Gasteiger partial charge in [-0.3, -0.25) is 10.1 Å². The molecule has 2 rings (SSSR count). The van der Waals surface area contributed by atoms with Crippen LogP contribution in [0.1, 0.15) is 24.9 Å². The van der Waals surface area contributed by atoms with Crippen LogP contribution >= 0.6 is 0 Å². The van der Waals surface area contributed by atoms with E-state index in [2.05, 4.69) is 27.1 Å². The third-order valence-corrected chi connectivity index (χ3v) is 2.19. The van der Waals surface area contributed by atoms with Crippen molar-refractivity contribution in [1.29, 1.82) is 0 Å². The lowest BCUT2D eigenvalue weighted by atomic mass is 10.2. The summed E-state index contributed by atoms with van der Waals surface area (Å²) < 4.78 is 0. The fourth-order valence-corrected chi connectivity index (χ4v) is 1.37. The van der Waals surface area contributed by atoms with Gasteiger partial charge in [-0.15, -0.1) is 0 Å². The summed E-state index contributed by atoms with van der Waals surface area (Å²) in [5.41, 5.74) is 1.96. The monoisotopic (exact) mass is 202 g/mol. The van der Waals surface area contributed by atoms with Crippen LogP contribution in [0.25, 0.3) is 11.4 Å². The highest BCUT2D eigenvalue weighted by molar-refractivity contribution is 5.52. The standard InChI is InChI=1S/C11H14N4/c1-3-4-10-13-11(15-14-10)9-6-5-8(2)12-7-9/h5-7H,3-4H2,1-2H3,(H,13,14,15). The Kier molecular flexibility index (Phi) is 2.76. The Hall–Kier alpha value is -1.71. The smallest absolute Gasteiger partial charge is 0.182 e. The maximum Gasteiger partial charge on any atom is 0.182 e. The Labute approximate surface area is 88.8 Å². The van der Waals surface area contributed by atoms with Gasteiger partial charge in [0.15, 0.2) is 5.82 Å². The molecule has 1 N–H and O–H groups in total. The zero-order chi connectivity index (χ0) is 10.7. The molecule has 2 heterocycles. The van der Waals surface area contributed by atoms with Crippen LogP contribution in [-0.2, 0) is 6.42 Å². The maximum atomic E-state index is 4.39. The van der Waals surface area contributed by atoms with Gasteiger partial charge < -0.3 is 0 Å². The first-order valence-corrected chi connectivity index (χ1v) is 5.14. The molecular formula is C11H14N4. The van der Waals surface area contributed by atoms with Gasteiger partial charge in [0.2, 0.25) is 0 Å². The number of hydrogen-bond acceptors (Lipinski definition) is 3. The molecule has 0 aliphatic rings. The first-order valence-electron chi connectivity index (χ1n) is 5.14. The summed E-state index contributed by atoms with van der Waals surface area (Å²) in [6, 6.07) is 3.95. The molecule has 0 spiro atoms. The fraction of sp³-hybridized carbons (Fsp3) is 0.364. The van der Waals surface area contributed by atoms with E-state index in [1.54, 1.807) is 6.20 Å². The van der Waals surface area contributed by atoms with Crippen LogP contribution in [0.2, 0.25) is 0 Å². The van der Waals surface area contributed by atoms with Crippen LogP contribution < -0.4 is 0 Å². The van der Waals surface area contributed by atoms with Gasteiger partial charge in [0.25, 0.3) is 0 Å². The van der Waals surface area contributed by atoms with Crippen molar-refractivity contribution in [3.8, 4) is 11.4 Å². The second-order valence-electron chi connectivity index (χ2n) is 3.54. The Morgan fingerprint density at radius 3 is 2.87 bits per heavy atom. The van der Waals surface area contributed by atoms with Gasteiger partial charge in [-0.1, -0.05) is 6.92 Å². The van der Waals surface area contributed by atoms with Crippen LogP contribution in [0.15, 0.2) is 18.3 Å². The number of aromatic nitrogens is 4. The maximum absolute atomic E-state index is 4.39. The topological polar surface area (TPSA) is 54.5 Å². The molecule has 0 bridgehead atoms. The Balaban J connectivity index is 2.25. The predicted molar refractivity (Wildman–Crippen MR) is 58.3 cm³/mol. The van der Waals surface area contributed by atoms with E-state index >= 15 is 0 Å². The number of aryl methyl sites for hydroxylation is 2. The molecule has 2 aromatic rings. The number of rotatable bonds is 3. The second-order valence-corrected chi connectivity index (χ2v) is 3.54. The van der Waals surface area contributed by atoms with Gasteiger partial charge >= 0.3 is 0 Å². The highest BCUT2D eigenvalue weighted by Crippen LogP contribution is 2.13. The molecule has 0 radical (unpaired) electrons. The van der Waals surface area contributed by atoms with Gasteiger partial charge in [0, 0.05) is 23.9 Å². The molecule has 0 fully saturated rings. The van der Waals surface area contributed by atoms with Gasteiger partial charge in [0.05, 0.1) is 0 Å². The number of hydrogen-bond donors (Lipinski definition) is 1. The Bertz CT molecular complexity index is 430. The van der Waals surface area contributed by atoms with Crippen molar-refractivity contribution in [3.05, 3.63) is 29.8 Å². The molecule has 0 aliphatic heterocycles. The summed E-state index contributed by atoms with van der Waals surface area (Å²) in [6.07, 6.45) is 3.81. The molecule has 0 saturated heterocycles. The van der Waals surface area contributed by atoms with Crippen molar-refractivity contribution >= 4 is 0 Å². The van der Waals surface area contributed by atoms with E-state index in [1.165, 1.54) is 0 Å². The summed E-state index contributed by atoms with van der Waals surface area (Å²) >= 11 is 0. The van der Waals surface area contributed by atoms with E-state index in [0.717, 1.165) is 35.7 Å². The first kappa shape index (κ1) is 9.83. The molecule has 78 valence electrons. The SMILES string of the molecule is CCCc1nc(-c2ccc(C)nc2)n[nH]1. The molecule has 0 amide bonds. The van der Waals surface area contributed by atoms with Crippen molar-refractivity contribution < 1.29 is 0 Å². The molecular weight excluding hydrogens is 188 g/mol. The average Bonchev–Trinajstić information content (AvgIpc) is 2.68. The lowest BCUT2D eigenvalue weighted by Gasteiger charge is -1.94. The summed E-state index contributed by atoms with van der Waals surface area (Å²) in [6.45, 7) is 4.08. The van der Waals surface area contributed by atoms with Crippen LogP contribution in [0, 0.1) is 6.92 Å². The van der Waals surface area contributed by atoms with E-state index in [9.17, 15) is 0 Å². The van der Waals surface area contributed by atoms with E-state index < -0.39 is 0 Å². The minimum Gasteiger partial charge on any atom is -0.263 e. The number of aromatic amines is 1. The van der Waals surface area contributed by atoms with E-state index in [4.69, 9.17) is 0 Å². The fourth-order valence-electron chi connectivity index (χ4n) is 1.37. The van der Waals surface area contributed by atoms with Gasteiger partial charge in [-0.25, -0.2) is 4.98 Å². The van der Waals surface area contributed by atoms with E-state index in [1.807, 2.05) is 19.1 Å². The van der Waals surface area contributed by atoms with Crippen LogP contribution in [0.4, 0.5) is 0 Å². The van der Waals surface area contributed by atoms with Crippen molar-refractivity contribution in [3.63, 3.8) is 0 Å². The number of nitrogens with zero attached hydrogens (tertiary/aromatic N) is 3. The minimum absolute atomic E-state index is 0.728.